The molecular weight excluding hydrogens is 260 g/mol. The van der Waals surface area contributed by atoms with E-state index in [1.165, 1.54) is 24.3 Å². The lowest BCUT2D eigenvalue weighted by Gasteiger charge is -2.04. The van der Waals surface area contributed by atoms with Crippen LogP contribution in [0.3, 0.4) is 0 Å². The van der Waals surface area contributed by atoms with Crippen molar-refractivity contribution in [2.75, 3.05) is 0 Å². The van der Waals surface area contributed by atoms with Gasteiger partial charge < -0.3 is 4.74 Å². The molecule has 1 aromatic heterocycles. The number of non-ortho nitro benzene ring substituents is 1. The topological polar surface area (TPSA) is 82.3 Å². The third kappa shape index (κ3) is 3.61. The molecule has 1 heterocycles. The van der Waals surface area contributed by atoms with Gasteiger partial charge in [0.15, 0.2) is 0 Å². The maximum atomic E-state index is 11.7. The molecule has 0 amide bonds. The van der Waals surface area contributed by atoms with Crippen LogP contribution >= 0.6 is 0 Å². The molecule has 0 radical (unpaired) electrons. The van der Waals surface area contributed by atoms with Crippen LogP contribution in [0.2, 0.25) is 0 Å². The number of aromatic nitrogens is 1. The van der Waals surface area contributed by atoms with Crippen LogP contribution in [0.4, 0.5) is 5.69 Å². The van der Waals surface area contributed by atoms with E-state index in [-0.39, 0.29) is 17.9 Å². The number of hydrogen-bond acceptors (Lipinski definition) is 5. The van der Waals surface area contributed by atoms with Gasteiger partial charge in [-0.2, -0.15) is 0 Å². The van der Waals surface area contributed by atoms with E-state index in [1.807, 2.05) is 13.0 Å². The smallest absolute Gasteiger partial charge is 0.317 e. The van der Waals surface area contributed by atoms with Gasteiger partial charge in [0.1, 0.15) is 5.75 Å². The molecule has 20 heavy (non-hydrogen) atoms. The summed E-state index contributed by atoms with van der Waals surface area (Å²) in [6, 6.07) is 8.99. The molecule has 6 nitrogen and oxygen atoms in total. The van der Waals surface area contributed by atoms with E-state index < -0.39 is 10.9 Å². The van der Waals surface area contributed by atoms with Gasteiger partial charge in [-0.05, 0) is 36.8 Å². The number of carbonyl (C=O) groups excluding carboxylic acids is 1. The van der Waals surface area contributed by atoms with Crippen molar-refractivity contribution in [3.05, 3.63) is 64.0 Å². The first kappa shape index (κ1) is 13.7. The van der Waals surface area contributed by atoms with Gasteiger partial charge in [-0.15, -0.1) is 0 Å². The van der Waals surface area contributed by atoms with Crippen molar-refractivity contribution in [2.45, 2.75) is 13.3 Å². The molecule has 0 N–H and O–H groups in total. The number of pyridine rings is 1. The van der Waals surface area contributed by atoms with Crippen LogP contribution in [-0.4, -0.2) is 15.9 Å². The highest BCUT2D eigenvalue weighted by Gasteiger charge is 2.09. The van der Waals surface area contributed by atoms with E-state index in [4.69, 9.17) is 4.74 Å². The molecule has 0 saturated carbocycles. The number of ether oxygens (including phenoxy) is 1. The first-order chi connectivity index (χ1) is 9.54. The van der Waals surface area contributed by atoms with Crippen molar-refractivity contribution in [1.82, 2.24) is 4.98 Å². The summed E-state index contributed by atoms with van der Waals surface area (Å²) in [4.78, 5) is 25.8. The minimum absolute atomic E-state index is 0.0508. The first-order valence-corrected chi connectivity index (χ1v) is 5.91. The summed E-state index contributed by atoms with van der Waals surface area (Å²) in [5, 5.41) is 10.5. The monoisotopic (exact) mass is 272 g/mol. The van der Waals surface area contributed by atoms with E-state index in [9.17, 15) is 14.9 Å². The SMILES string of the molecule is Cc1ccnc(CC(=O)Oc2ccc([N+](=O)[O-])cc2)c1. The number of rotatable bonds is 4. The highest BCUT2D eigenvalue weighted by molar-refractivity contribution is 5.74. The highest BCUT2D eigenvalue weighted by Crippen LogP contribution is 2.17. The second-order valence-electron chi connectivity index (χ2n) is 4.23. The summed E-state index contributed by atoms with van der Waals surface area (Å²) in [5.41, 5.74) is 1.58. The van der Waals surface area contributed by atoms with E-state index in [0.717, 1.165) is 5.56 Å². The Bertz CT molecular complexity index is 638. The number of esters is 1. The first-order valence-electron chi connectivity index (χ1n) is 5.91. The van der Waals surface area contributed by atoms with Gasteiger partial charge in [0, 0.05) is 18.3 Å². The molecule has 0 unspecified atom stereocenters. The number of carbonyl (C=O) groups is 1. The summed E-state index contributed by atoms with van der Waals surface area (Å²) in [5.74, 6) is -0.190. The molecule has 0 bridgehead atoms. The van der Waals surface area contributed by atoms with Crippen molar-refractivity contribution in [1.29, 1.82) is 0 Å². The van der Waals surface area contributed by atoms with Gasteiger partial charge in [-0.3, -0.25) is 19.9 Å². The zero-order chi connectivity index (χ0) is 14.5. The molecule has 0 aliphatic carbocycles. The minimum Gasteiger partial charge on any atom is -0.426 e. The van der Waals surface area contributed by atoms with Gasteiger partial charge >= 0.3 is 5.97 Å². The van der Waals surface area contributed by atoms with Crippen LogP contribution in [0.25, 0.3) is 0 Å². The molecule has 102 valence electrons. The third-order valence-electron chi connectivity index (χ3n) is 2.58. The lowest BCUT2D eigenvalue weighted by molar-refractivity contribution is -0.384. The molecule has 0 fully saturated rings. The van der Waals surface area contributed by atoms with Gasteiger partial charge in [0.2, 0.25) is 0 Å². The summed E-state index contributed by atoms with van der Waals surface area (Å²) in [6.45, 7) is 1.91. The van der Waals surface area contributed by atoms with Crippen molar-refractivity contribution in [2.24, 2.45) is 0 Å². The Hall–Kier alpha value is -2.76. The fourth-order valence-corrected chi connectivity index (χ4v) is 1.65. The van der Waals surface area contributed by atoms with Crippen molar-refractivity contribution in [3.63, 3.8) is 0 Å². The molecule has 0 aliphatic heterocycles. The molecule has 0 atom stereocenters. The Morgan fingerprint density at radius 3 is 2.60 bits per heavy atom. The Balaban J connectivity index is 1.99. The summed E-state index contributed by atoms with van der Waals surface area (Å²) < 4.78 is 5.09. The standard InChI is InChI=1S/C14H12N2O4/c1-10-6-7-15-11(8-10)9-14(17)20-13-4-2-12(3-5-13)16(18)19/h2-8H,9H2,1H3. The van der Waals surface area contributed by atoms with E-state index in [1.54, 1.807) is 12.3 Å². The second-order valence-corrected chi connectivity index (χ2v) is 4.23. The molecule has 2 aromatic rings. The van der Waals surface area contributed by atoms with Crippen LogP contribution in [-0.2, 0) is 11.2 Å². The number of nitrogens with zero attached hydrogens (tertiary/aromatic N) is 2. The largest absolute Gasteiger partial charge is 0.426 e. The Labute approximate surface area is 115 Å². The van der Waals surface area contributed by atoms with Gasteiger partial charge in [0.05, 0.1) is 17.0 Å². The van der Waals surface area contributed by atoms with Crippen LogP contribution in [0, 0.1) is 17.0 Å². The zero-order valence-electron chi connectivity index (χ0n) is 10.8. The number of benzene rings is 1. The second kappa shape index (κ2) is 5.92. The Kier molecular flexibility index (Phi) is 4.05. The number of aryl methyl sites for hydroxylation is 1. The molecule has 0 aliphatic rings. The predicted octanol–water partition coefficient (Wildman–Crippen LogP) is 2.45. The maximum Gasteiger partial charge on any atom is 0.317 e. The van der Waals surface area contributed by atoms with Gasteiger partial charge in [0.25, 0.3) is 5.69 Å². The summed E-state index contributed by atoms with van der Waals surface area (Å²) in [7, 11) is 0. The fraction of sp³-hybridized carbons (Fsp3) is 0.143. The van der Waals surface area contributed by atoms with Crippen LogP contribution < -0.4 is 4.74 Å². The number of nitro benzene ring substituents is 1. The van der Waals surface area contributed by atoms with Crippen LogP contribution in [0.15, 0.2) is 42.6 Å². The minimum atomic E-state index is -0.512. The van der Waals surface area contributed by atoms with Crippen LogP contribution in [0.5, 0.6) is 5.75 Å². The summed E-state index contributed by atoms with van der Waals surface area (Å²) in [6.07, 6.45) is 1.68. The quantitative estimate of drug-likeness (QED) is 0.369. The average molecular weight is 272 g/mol. The lowest BCUT2D eigenvalue weighted by atomic mass is 10.2. The van der Waals surface area contributed by atoms with Gasteiger partial charge in [-0.25, -0.2) is 0 Å². The molecule has 1 aromatic carbocycles. The molecular formula is C14H12N2O4. The summed E-state index contributed by atoms with van der Waals surface area (Å²) >= 11 is 0. The number of hydrogen-bond donors (Lipinski definition) is 0. The normalized spacial score (nSPS) is 10.1. The predicted molar refractivity (Wildman–Crippen MR) is 71.4 cm³/mol. The van der Waals surface area contributed by atoms with Gasteiger partial charge in [-0.1, -0.05) is 0 Å². The van der Waals surface area contributed by atoms with Crippen molar-refractivity contribution >= 4 is 11.7 Å². The van der Waals surface area contributed by atoms with E-state index in [2.05, 4.69) is 4.98 Å². The molecule has 2 rings (SSSR count). The average Bonchev–Trinajstić information content (AvgIpc) is 2.39. The third-order valence-corrected chi connectivity index (χ3v) is 2.58. The highest BCUT2D eigenvalue weighted by atomic mass is 16.6. The van der Waals surface area contributed by atoms with Crippen molar-refractivity contribution in [3.8, 4) is 5.75 Å². The van der Waals surface area contributed by atoms with E-state index in [0.29, 0.717) is 5.69 Å². The molecule has 6 heteroatoms. The Morgan fingerprint density at radius 1 is 1.30 bits per heavy atom. The Morgan fingerprint density at radius 2 is 2.00 bits per heavy atom. The molecule has 0 spiro atoms. The molecule has 0 saturated heterocycles. The fourth-order valence-electron chi connectivity index (χ4n) is 1.65. The lowest BCUT2D eigenvalue weighted by Crippen LogP contribution is -2.12. The van der Waals surface area contributed by atoms with Crippen molar-refractivity contribution < 1.29 is 14.5 Å². The van der Waals surface area contributed by atoms with Crippen LogP contribution in [0.1, 0.15) is 11.3 Å². The number of nitro groups is 1. The zero-order valence-corrected chi connectivity index (χ0v) is 10.8. The maximum absolute atomic E-state index is 11.7. The van der Waals surface area contributed by atoms with E-state index >= 15 is 0 Å².